The van der Waals surface area contributed by atoms with Crippen LogP contribution in [0.3, 0.4) is 0 Å². The number of hydrogen-bond acceptors (Lipinski definition) is 5. The topological polar surface area (TPSA) is 84.9 Å². The van der Waals surface area contributed by atoms with Crippen LogP contribution in [-0.2, 0) is 14.3 Å². The maximum atomic E-state index is 11.6. The molecule has 1 unspecified atom stereocenters. The number of hydrogen-bond donors (Lipinski definition) is 2. The lowest BCUT2D eigenvalue weighted by molar-refractivity contribution is -0.146. The number of methoxy groups -OCH3 is 1. The summed E-state index contributed by atoms with van der Waals surface area (Å²) in [6.07, 6.45) is 0. The fourth-order valence-corrected chi connectivity index (χ4v) is 2.02. The van der Waals surface area contributed by atoms with Crippen LogP contribution in [0.25, 0.3) is 0 Å². The average molecular weight is 367 g/mol. The zero-order chi connectivity index (χ0) is 15.1. The zero-order valence-corrected chi connectivity index (χ0v) is 12.9. The monoisotopic (exact) mass is 365 g/mol. The van der Waals surface area contributed by atoms with Crippen molar-refractivity contribution in [3.05, 3.63) is 27.7 Å². The van der Waals surface area contributed by atoms with Gasteiger partial charge in [-0.1, -0.05) is 27.5 Å². The first-order valence-electron chi connectivity index (χ1n) is 5.53. The lowest BCUT2D eigenvalue weighted by atomic mass is 10.3. The van der Waals surface area contributed by atoms with E-state index in [0.717, 1.165) is 11.6 Å². The van der Waals surface area contributed by atoms with Crippen LogP contribution >= 0.6 is 27.5 Å². The van der Waals surface area contributed by atoms with Crippen LogP contribution in [-0.4, -0.2) is 43.3 Å². The zero-order valence-electron chi connectivity index (χ0n) is 10.6. The fraction of sp³-hybridized carbons (Fsp3) is 0.333. The summed E-state index contributed by atoms with van der Waals surface area (Å²) in [6.45, 7) is -0.897. The molecule has 0 saturated carbocycles. The summed E-state index contributed by atoms with van der Waals surface area (Å²) in [5.74, 6) is -0.973. The molecule has 0 spiro atoms. The second-order valence-electron chi connectivity index (χ2n) is 3.69. The minimum Gasteiger partial charge on any atom is -0.482 e. The van der Waals surface area contributed by atoms with Gasteiger partial charge in [-0.2, -0.15) is 0 Å². The van der Waals surface area contributed by atoms with Crippen molar-refractivity contribution in [3.8, 4) is 5.75 Å². The Bertz CT molecular complexity index is 497. The molecule has 0 radical (unpaired) electrons. The van der Waals surface area contributed by atoms with E-state index in [0.29, 0.717) is 10.8 Å². The molecular weight excluding hydrogens is 353 g/mol. The van der Waals surface area contributed by atoms with Crippen molar-refractivity contribution in [3.63, 3.8) is 0 Å². The highest BCUT2D eigenvalue weighted by atomic mass is 79.9. The molecule has 0 aliphatic heterocycles. The molecule has 0 fully saturated rings. The van der Waals surface area contributed by atoms with Crippen molar-refractivity contribution < 1.29 is 24.2 Å². The number of nitrogens with one attached hydrogen (secondary N) is 1. The summed E-state index contributed by atoms with van der Waals surface area (Å²) in [5, 5.41) is 11.6. The first kappa shape index (κ1) is 16.7. The van der Waals surface area contributed by atoms with Crippen molar-refractivity contribution >= 4 is 39.4 Å². The van der Waals surface area contributed by atoms with Gasteiger partial charge in [0.05, 0.1) is 18.7 Å². The van der Waals surface area contributed by atoms with Crippen LogP contribution in [0.5, 0.6) is 5.75 Å². The Hall–Kier alpha value is -1.31. The SMILES string of the molecule is COC(=O)C(CO)NC(=O)COc1ccc(Br)cc1Cl. The third-order valence-electron chi connectivity index (χ3n) is 2.26. The molecule has 1 atom stereocenters. The van der Waals surface area contributed by atoms with Gasteiger partial charge in [0.2, 0.25) is 0 Å². The smallest absolute Gasteiger partial charge is 0.330 e. The summed E-state index contributed by atoms with van der Waals surface area (Å²) < 4.78 is 10.4. The van der Waals surface area contributed by atoms with Gasteiger partial charge in [0.1, 0.15) is 5.75 Å². The van der Waals surface area contributed by atoms with Crippen molar-refractivity contribution in [2.45, 2.75) is 6.04 Å². The van der Waals surface area contributed by atoms with Crippen LogP contribution in [0.1, 0.15) is 0 Å². The van der Waals surface area contributed by atoms with Crippen molar-refractivity contribution in [2.24, 2.45) is 0 Å². The first-order valence-corrected chi connectivity index (χ1v) is 6.71. The van der Waals surface area contributed by atoms with Crippen LogP contribution in [0, 0.1) is 0 Å². The maximum absolute atomic E-state index is 11.6. The van der Waals surface area contributed by atoms with Crippen LogP contribution in [0.15, 0.2) is 22.7 Å². The highest BCUT2D eigenvalue weighted by molar-refractivity contribution is 9.10. The number of ether oxygens (including phenoxy) is 2. The van der Waals surface area contributed by atoms with Gasteiger partial charge in [-0.15, -0.1) is 0 Å². The summed E-state index contributed by atoms with van der Waals surface area (Å²) >= 11 is 9.16. The van der Waals surface area contributed by atoms with E-state index in [1.807, 2.05) is 0 Å². The van der Waals surface area contributed by atoms with Gasteiger partial charge in [0.25, 0.3) is 5.91 Å². The molecule has 0 bridgehead atoms. The molecule has 1 amide bonds. The van der Waals surface area contributed by atoms with Gasteiger partial charge < -0.3 is 19.9 Å². The second kappa shape index (κ2) is 8.08. The largest absolute Gasteiger partial charge is 0.482 e. The van der Waals surface area contributed by atoms with E-state index >= 15 is 0 Å². The van der Waals surface area contributed by atoms with Crippen LogP contribution in [0.2, 0.25) is 5.02 Å². The van der Waals surface area contributed by atoms with Crippen LogP contribution in [0.4, 0.5) is 0 Å². The van der Waals surface area contributed by atoms with E-state index in [1.54, 1.807) is 18.2 Å². The number of carbonyl (C=O) groups is 2. The Kier molecular flexibility index (Phi) is 6.77. The molecule has 2 N–H and O–H groups in total. The van der Waals surface area contributed by atoms with Gasteiger partial charge in [-0.3, -0.25) is 4.79 Å². The predicted molar refractivity (Wildman–Crippen MR) is 75.7 cm³/mol. The number of aliphatic hydroxyl groups excluding tert-OH is 1. The lowest BCUT2D eigenvalue weighted by Crippen LogP contribution is -2.45. The Balaban J connectivity index is 2.52. The average Bonchev–Trinajstić information content (AvgIpc) is 2.43. The van der Waals surface area contributed by atoms with E-state index in [2.05, 4.69) is 26.0 Å². The molecular formula is C12H13BrClNO5. The Morgan fingerprint density at radius 3 is 2.75 bits per heavy atom. The second-order valence-corrected chi connectivity index (χ2v) is 5.01. The molecule has 20 heavy (non-hydrogen) atoms. The summed E-state index contributed by atoms with van der Waals surface area (Å²) in [4.78, 5) is 22.8. The van der Waals surface area contributed by atoms with E-state index in [1.165, 1.54) is 0 Å². The van der Waals surface area contributed by atoms with Gasteiger partial charge in [-0.25, -0.2) is 4.79 Å². The van der Waals surface area contributed by atoms with E-state index in [9.17, 15) is 9.59 Å². The number of carbonyl (C=O) groups excluding carboxylic acids is 2. The van der Waals surface area contributed by atoms with Gasteiger partial charge in [-0.05, 0) is 18.2 Å². The molecule has 0 heterocycles. The highest BCUT2D eigenvalue weighted by Gasteiger charge is 2.20. The normalized spacial score (nSPS) is 11.6. The standard InChI is InChI=1S/C12H13BrClNO5/c1-19-12(18)9(5-16)15-11(17)6-20-10-3-2-7(13)4-8(10)14/h2-4,9,16H,5-6H2,1H3,(H,15,17). The Labute approximate surface area is 129 Å². The molecule has 1 rings (SSSR count). The van der Waals surface area contributed by atoms with Crippen molar-refractivity contribution in [1.82, 2.24) is 5.32 Å². The quantitative estimate of drug-likeness (QED) is 0.737. The molecule has 1 aromatic carbocycles. The van der Waals surface area contributed by atoms with E-state index < -0.39 is 24.5 Å². The number of rotatable bonds is 6. The highest BCUT2D eigenvalue weighted by Crippen LogP contribution is 2.27. The minimum absolute atomic E-state index is 0.337. The van der Waals surface area contributed by atoms with Gasteiger partial charge in [0, 0.05) is 4.47 Å². The summed E-state index contributed by atoms with van der Waals surface area (Å²) in [6, 6.07) is 3.82. The van der Waals surface area contributed by atoms with Crippen molar-refractivity contribution in [2.75, 3.05) is 20.3 Å². The number of benzene rings is 1. The molecule has 6 nitrogen and oxygen atoms in total. The molecule has 0 saturated heterocycles. The van der Waals surface area contributed by atoms with Gasteiger partial charge in [0.15, 0.2) is 12.6 Å². The van der Waals surface area contributed by atoms with Crippen LogP contribution < -0.4 is 10.1 Å². The minimum atomic E-state index is -1.11. The van der Waals surface area contributed by atoms with E-state index in [4.69, 9.17) is 21.4 Å². The number of aliphatic hydroxyl groups is 1. The Morgan fingerprint density at radius 2 is 2.20 bits per heavy atom. The summed E-state index contributed by atoms with van der Waals surface area (Å²) in [7, 11) is 1.16. The van der Waals surface area contributed by atoms with Crippen molar-refractivity contribution in [1.29, 1.82) is 0 Å². The first-order chi connectivity index (χ1) is 9.47. The molecule has 0 aromatic heterocycles. The third-order valence-corrected chi connectivity index (χ3v) is 3.04. The molecule has 0 aliphatic carbocycles. The number of esters is 1. The fourth-order valence-electron chi connectivity index (χ4n) is 1.29. The molecule has 110 valence electrons. The number of halogens is 2. The third kappa shape index (κ3) is 4.99. The van der Waals surface area contributed by atoms with Gasteiger partial charge >= 0.3 is 5.97 Å². The maximum Gasteiger partial charge on any atom is 0.330 e. The Morgan fingerprint density at radius 1 is 1.50 bits per heavy atom. The molecule has 8 heteroatoms. The predicted octanol–water partition coefficient (Wildman–Crippen LogP) is 1.13. The molecule has 1 aromatic rings. The molecule has 0 aliphatic rings. The number of amides is 1. The van der Waals surface area contributed by atoms with E-state index in [-0.39, 0.29) is 6.61 Å². The lowest BCUT2D eigenvalue weighted by Gasteiger charge is -2.14. The summed E-state index contributed by atoms with van der Waals surface area (Å²) in [5.41, 5.74) is 0.